The Kier molecular flexibility index (Phi) is 7.51. The topological polar surface area (TPSA) is 102 Å². The molecule has 0 aliphatic heterocycles. The molecular formula is C18H24N2O5S2. The van der Waals surface area contributed by atoms with Crippen molar-refractivity contribution in [3.05, 3.63) is 71.8 Å². The fourth-order valence-corrected chi connectivity index (χ4v) is 4.03. The molecule has 0 aliphatic carbocycles. The lowest BCUT2D eigenvalue weighted by Crippen LogP contribution is -2.33. The van der Waals surface area contributed by atoms with Gasteiger partial charge in [0.25, 0.3) is 0 Å². The second kappa shape index (κ2) is 9.43. The summed E-state index contributed by atoms with van der Waals surface area (Å²) in [4.78, 5) is 0. The number of rotatable bonds is 10. The molecule has 0 fully saturated rings. The molecule has 2 aromatic carbocycles. The summed E-state index contributed by atoms with van der Waals surface area (Å²) >= 11 is 0. The van der Waals surface area contributed by atoms with E-state index in [0.717, 1.165) is 23.6 Å². The van der Waals surface area contributed by atoms with Gasteiger partial charge >= 0.3 is 0 Å². The van der Waals surface area contributed by atoms with Gasteiger partial charge in [0.1, 0.15) is 0 Å². The van der Waals surface area contributed by atoms with E-state index in [1.165, 1.54) is 0 Å². The standard InChI is InChI=1S/C18H24N2O5S2/c1-26(21,22)19-17(15-9-5-3-6-10-15)13-25-14-18(20-27(2,23)24)16-11-7-4-8-12-16/h3-12,17-20H,13-14H2,1-2H3. The molecule has 0 saturated heterocycles. The summed E-state index contributed by atoms with van der Waals surface area (Å²) in [6.07, 6.45) is 2.17. The van der Waals surface area contributed by atoms with Crippen LogP contribution >= 0.6 is 0 Å². The van der Waals surface area contributed by atoms with Gasteiger partial charge in [-0.15, -0.1) is 0 Å². The number of ether oxygens (including phenoxy) is 1. The number of hydrogen-bond acceptors (Lipinski definition) is 5. The summed E-state index contributed by atoms with van der Waals surface area (Å²) in [7, 11) is -6.89. The van der Waals surface area contributed by atoms with Gasteiger partial charge in [0, 0.05) is 0 Å². The third-order valence-corrected chi connectivity index (χ3v) is 5.11. The minimum absolute atomic E-state index is 0.0614. The van der Waals surface area contributed by atoms with Crippen molar-refractivity contribution in [2.24, 2.45) is 0 Å². The predicted octanol–water partition coefficient (Wildman–Crippen LogP) is 1.58. The molecule has 2 aromatic rings. The maximum Gasteiger partial charge on any atom is 0.209 e. The van der Waals surface area contributed by atoms with Crippen molar-refractivity contribution >= 4 is 20.0 Å². The van der Waals surface area contributed by atoms with Gasteiger partial charge in [0.2, 0.25) is 20.0 Å². The Labute approximate surface area is 160 Å². The molecule has 27 heavy (non-hydrogen) atoms. The van der Waals surface area contributed by atoms with Gasteiger partial charge in [-0.3, -0.25) is 0 Å². The first-order valence-electron chi connectivity index (χ1n) is 8.26. The molecule has 0 saturated carbocycles. The number of sulfonamides is 2. The van der Waals surface area contributed by atoms with E-state index in [2.05, 4.69) is 9.44 Å². The lowest BCUT2D eigenvalue weighted by molar-refractivity contribution is 0.102. The highest BCUT2D eigenvalue weighted by atomic mass is 32.2. The Morgan fingerprint density at radius 3 is 1.33 bits per heavy atom. The third-order valence-electron chi connectivity index (χ3n) is 3.69. The van der Waals surface area contributed by atoms with Crippen LogP contribution in [0.15, 0.2) is 60.7 Å². The SMILES string of the molecule is CS(=O)(=O)NC(COCC(NS(C)(=O)=O)c1ccccc1)c1ccccc1. The highest BCUT2D eigenvalue weighted by molar-refractivity contribution is 7.89. The Morgan fingerprint density at radius 1 is 0.704 bits per heavy atom. The van der Waals surface area contributed by atoms with Crippen LogP contribution < -0.4 is 9.44 Å². The summed E-state index contributed by atoms with van der Waals surface area (Å²) in [5, 5.41) is 0. The largest absolute Gasteiger partial charge is 0.377 e. The van der Waals surface area contributed by atoms with E-state index in [0.29, 0.717) is 0 Å². The molecule has 0 aliphatic rings. The second-order valence-electron chi connectivity index (χ2n) is 6.24. The van der Waals surface area contributed by atoms with Crippen molar-refractivity contribution in [2.45, 2.75) is 12.1 Å². The van der Waals surface area contributed by atoms with Crippen LogP contribution in [0.3, 0.4) is 0 Å². The van der Waals surface area contributed by atoms with Gasteiger partial charge < -0.3 is 4.74 Å². The van der Waals surface area contributed by atoms with E-state index < -0.39 is 32.1 Å². The van der Waals surface area contributed by atoms with Crippen LogP contribution in [0.2, 0.25) is 0 Å². The Bertz CT molecular complexity index is 839. The molecule has 0 amide bonds. The smallest absolute Gasteiger partial charge is 0.209 e. The summed E-state index contributed by atoms with van der Waals surface area (Å²) in [6.45, 7) is 0.123. The molecule has 7 nitrogen and oxygen atoms in total. The van der Waals surface area contributed by atoms with Crippen LogP contribution in [0.4, 0.5) is 0 Å². The highest BCUT2D eigenvalue weighted by Crippen LogP contribution is 2.17. The quantitative estimate of drug-likeness (QED) is 0.617. The molecule has 0 aromatic heterocycles. The zero-order chi connectivity index (χ0) is 19.9. The van der Waals surface area contributed by atoms with Gasteiger partial charge in [-0.05, 0) is 11.1 Å². The molecule has 2 atom stereocenters. The van der Waals surface area contributed by atoms with Crippen LogP contribution in [0, 0.1) is 0 Å². The average Bonchev–Trinajstić information content (AvgIpc) is 2.59. The molecule has 0 bridgehead atoms. The van der Waals surface area contributed by atoms with Gasteiger partial charge in [-0.2, -0.15) is 0 Å². The minimum atomic E-state index is -3.44. The summed E-state index contributed by atoms with van der Waals surface area (Å²) in [5.74, 6) is 0. The summed E-state index contributed by atoms with van der Waals surface area (Å²) < 4.78 is 57.4. The van der Waals surface area contributed by atoms with Crippen molar-refractivity contribution in [3.8, 4) is 0 Å². The molecule has 0 spiro atoms. The molecule has 0 heterocycles. The van der Waals surface area contributed by atoms with Gasteiger partial charge in [-0.25, -0.2) is 26.3 Å². The molecule has 0 radical (unpaired) electrons. The average molecular weight is 413 g/mol. The van der Waals surface area contributed by atoms with Crippen LogP contribution in [0.25, 0.3) is 0 Å². The second-order valence-corrected chi connectivity index (χ2v) is 9.80. The number of nitrogens with one attached hydrogen (secondary N) is 2. The van der Waals surface area contributed by atoms with E-state index in [1.807, 2.05) is 36.4 Å². The minimum Gasteiger partial charge on any atom is -0.377 e. The molecule has 148 valence electrons. The van der Waals surface area contributed by atoms with Crippen LogP contribution in [-0.4, -0.2) is 42.6 Å². The highest BCUT2D eigenvalue weighted by Gasteiger charge is 2.20. The molecule has 2 rings (SSSR count). The monoisotopic (exact) mass is 412 g/mol. The van der Waals surface area contributed by atoms with Crippen molar-refractivity contribution in [1.82, 2.24) is 9.44 Å². The Hall–Kier alpha value is -1.78. The Balaban J connectivity index is 2.10. The van der Waals surface area contributed by atoms with E-state index in [9.17, 15) is 16.8 Å². The Morgan fingerprint density at radius 2 is 1.04 bits per heavy atom. The first-order valence-corrected chi connectivity index (χ1v) is 12.0. The lowest BCUT2D eigenvalue weighted by atomic mass is 10.1. The third kappa shape index (κ3) is 8.19. The van der Waals surface area contributed by atoms with Gasteiger partial charge in [0.05, 0.1) is 37.8 Å². The van der Waals surface area contributed by atoms with Gasteiger partial charge in [-0.1, -0.05) is 60.7 Å². The normalized spacial score (nSPS) is 14.6. The van der Waals surface area contributed by atoms with E-state index >= 15 is 0 Å². The zero-order valence-electron chi connectivity index (χ0n) is 15.2. The van der Waals surface area contributed by atoms with Crippen LogP contribution in [-0.2, 0) is 24.8 Å². The van der Waals surface area contributed by atoms with Crippen LogP contribution in [0.1, 0.15) is 23.2 Å². The number of benzene rings is 2. The lowest BCUT2D eigenvalue weighted by Gasteiger charge is -2.22. The van der Waals surface area contributed by atoms with E-state index in [1.54, 1.807) is 24.3 Å². The van der Waals surface area contributed by atoms with Crippen molar-refractivity contribution in [1.29, 1.82) is 0 Å². The molecule has 2 N–H and O–H groups in total. The summed E-state index contributed by atoms with van der Waals surface area (Å²) in [5.41, 5.74) is 1.52. The summed E-state index contributed by atoms with van der Waals surface area (Å²) in [6, 6.07) is 17.0. The van der Waals surface area contributed by atoms with Crippen LogP contribution in [0.5, 0.6) is 0 Å². The number of hydrogen-bond donors (Lipinski definition) is 2. The molecule has 2 unspecified atom stereocenters. The molecular weight excluding hydrogens is 388 g/mol. The van der Waals surface area contributed by atoms with E-state index in [4.69, 9.17) is 4.74 Å². The van der Waals surface area contributed by atoms with Crippen molar-refractivity contribution in [2.75, 3.05) is 25.7 Å². The van der Waals surface area contributed by atoms with Crippen molar-refractivity contribution < 1.29 is 21.6 Å². The fraction of sp³-hybridized carbons (Fsp3) is 0.333. The maximum atomic E-state index is 11.7. The fourth-order valence-electron chi connectivity index (χ4n) is 2.59. The molecule has 9 heteroatoms. The zero-order valence-corrected chi connectivity index (χ0v) is 16.8. The first-order chi connectivity index (χ1) is 12.6. The van der Waals surface area contributed by atoms with Crippen molar-refractivity contribution in [3.63, 3.8) is 0 Å². The van der Waals surface area contributed by atoms with E-state index in [-0.39, 0.29) is 13.2 Å². The predicted molar refractivity (Wildman–Crippen MR) is 105 cm³/mol. The first kappa shape index (κ1) is 21.5. The van der Waals surface area contributed by atoms with Gasteiger partial charge in [0.15, 0.2) is 0 Å². The maximum absolute atomic E-state index is 11.7.